The fraction of sp³-hybridized carbons (Fsp3) is 0.600. The van der Waals surface area contributed by atoms with Crippen LogP contribution < -0.4 is 5.32 Å². The van der Waals surface area contributed by atoms with Crippen LogP contribution in [0.15, 0.2) is 24.3 Å². The molecular weight excluding hydrogens is 283 g/mol. The number of nitrogens with one attached hydrogen (secondary N) is 1. The summed E-state index contributed by atoms with van der Waals surface area (Å²) in [5.41, 5.74) is -0.222. The highest BCUT2D eigenvalue weighted by molar-refractivity contribution is 5.26. The lowest BCUT2D eigenvalue weighted by Gasteiger charge is -2.28. The fourth-order valence-electron chi connectivity index (χ4n) is 2.47. The van der Waals surface area contributed by atoms with Crippen LogP contribution in [0.1, 0.15) is 37.0 Å². The van der Waals surface area contributed by atoms with E-state index < -0.39 is 17.8 Å². The molecular formula is C15H20F3NO2. The molecule has 1 aliphatic heterocycles. The maximum absolute atomic E-state index is 12.5. The lowest BCUT2D eigenvalue weighted by molar-refractivity contribution is -0.137. The van der Waals surface area contributed by atoms with E-state index in [9.17, 15) is 18.3 Å². The summed E-state index contributed by atoms with van der Waals surface area (Å²) in [5, 5.41) is 13.3. The maximum Gasteiger partial charge on any atom is 0.416 e. The molecule has 1 aromatic rings. The fourth-order valence-corrected chi connectivity index (χ4v) is 2.47. The van der Waals surface area contributed by atoms with Gasteiger partial charge in [0, 0.05) is 19.2 Å². The molecule has 1 fully saturated rings. The van der Waals surface area contributed by atoms with Gasteiger partial charge < -0.3 is 15.2 Å². The van der Waals surface area contributed by atoms with Crippen LogP contribution in [0.25, 0.3) is 0 Å². The van der Waals surface area contributed by atoms with Crippen molar-refractivity contribution in [3.8, 4) is 0 Å². The highest BCUT2D eigenvalue weighted by Gasteiger charge is 2.30. The van der Waals surface area contributed by atoms with Gasteiger partial charge in [-0.25, -0.2) is 0 Å². The third-order valence-electron chi connectivity index (χ3n) is 3.71. The topological polar surface area (TPSA) is 41.5 Å². The molecule has 0 saturated carbocycles. The number of halogens is 3. The Labute approximate surface area is 122 Å². The van der Waals surface area contributed by atoms with Gasteiger partial charge in [-0.3, -0.25) is 0 Å². The van der Waals surface area contributed by atoms with Crippen molar-refractivity contribution in [2.45, 2.75) is 44.2 Å². The number of ether oxygens (including phenoxy) is 1. The molecule has 3 nitrogen and oxygen atoms in total. The summed E-state index contributed by atoms with van der Waals surface area (Å²) in [7, 11) is 0. The van der Waals surface area contributed by atoms with Crippen molar-refractivity contribution in [2.24, 2.45) is 0 Å². The Morgan fingerprint density at radius 2 is 2.00 bits per heavy atom. The van der Waals surface area contributed by atoms with Gasteiger partial charge in [-0.15, -0.1) is 0 Å². The highest BCUT2D eigenvalue weighted by Crippen LogP contribution is 2.29. The van der Waals surface area contributed by atoms with Crippen LogP contribution in [0.2, 0.25) is 0 Å². The van der Waals surface area contributed by atoms with Gasteiger partial charge in [0.15, 0.2) is 0 Å². The second-order valence-electron chi connectivity index (χ2n) is 5.45. The molecule has 1 aliphatic rings. The minimum Gasteiger partial charge on any atom is -0.387 e. The molecule has 1 saturated heterocycles. The van der Waals surface area contributed by atoms with Crippen LogP contribution in [0.5, 0.6) is 0 Å². The van der Waals surface area contributed by atoms with Gasteiger partial charge in [-0.05, 0) is 37.5 Å². The van der Waals surface area contributed by atoms with Crippen molar-refractivity contribution in [2.75, 3.05) is 13.2 Å². The Morgan fingerprint density at radius 3 is 2.57 bits per heavy atom. The third kappa shape index (κ3) is 4.69. The minimum atomic E-state index is -4.35. The van der Waals surface area contributed by atoms with Crippen molar-refractivity contribution >= 4 is 0 Å². The SMILES string of the molecule is CC1CC(NCC(O)c2ccc(C(F)(F)F)cc2)CCO1. The largest absolute Gasteiger partial charge is 0.416 e. The summed E-state index contributed by atoms with van der Waals surface area (Å²) in [5.74, 6) is 0. The Morgan fingerprint density at radius 1 is 1.33 bits per heavy atom. The third-order valence-corrected chi connectivity index (χ3v) is 3.71. The van der Waals surface area contributed by atoms with Gasteiger partial charge in [0.05, 0.1) is 17.8 Å². The van der Waals surface area contributed by atoms with Gasteiger partial charge in [0.1, 0.15) is 0 Å². The molecule has 118 valence electrons. The van der Waals surface area contributed by atoms with Gasteiger partial charge in [-0.2, -0.15) is 13.2 Å². The molecule has 1 aromatic carbocycles. The van der Waals surface area contributed by atoms with Crippen LogP contribution in [-0.4, -0.2) is 30.4 Å². The maximum atomic E-state index is 12.5. The van der Waals surface area contributed by atoms with Crippen molar-refractivity contribution in [1.82, 2.24) is 5.32 Å². The molecule has 0 aromatic heterocycles. The molecule has 0 bridgehead atoms. The van der Waals surface area contributed by atoms with E-state index in [1.807, 2.05) is 6.92 Å². The average molecular weight is 303 g/mol. The summed E-state index contributed by atoms with van der Waals surface area (Å²) >= 11 is 0. The molecule has 3 atom stereocenters. The molecule has 21 heavy (non-hydrogen) atoms. The second kappa shape index (κ2) is 6.77. The van der Waals surface area contributed by atoms with Crippen molar-refractivity contribution < 1.29 is 23.0 Å². The Balaban J connectivity index is 1.87. The van der Waals surface area contributed by atoms with E-state index in [0.29, 0.717) is 18.7 Å². The number of rotatable bonds is 4. The predicted molar refractivity (Wildman–Crippen MR) is 72.8 cm³/mol. The first kappa shape index (κ1) is 16.3. The standard InChI is InChI=1S/C15H20F3NO2/c1-10-8-13(6-7-21-10)19-9-14(20)11-2-4-12(5-3-11)15(16,17)18/h2-5,10,13-14,19-20H,6-9H2,1H3. The normalized spacial score (nSPS) is 24.8. The zero-order valence-corrected chi connectivity index (χ0v) is 11.9. The first-order valence-corrected chi connectivity index (χ1v) is 7.06. The summed E-state index contributed by atoms with van der Waals surface area (Å²) in [4.78, 5) is 0. The second-order valence-corrected chi connectivity index (χ2v) is 5.45. The molecule has 0 amide bonds. The van der Waals surface area contributed by atoms with E-state index in [0.717, 1.165) is 25.0 Å². The zero-order valence-electron chi connectivity index (χ0n) is 11.9. The Hall–Kier alpha value is -1.11. The number of hydrogen-bond acceptors (Lipinski definition) is 3. The van der Waals surface area contributed by atoms with Crippen LogP contribution in [0, 0.1) is 0 Å². The van der Waals surface area contributed by atoms with Gasteiger partial charge in [0.25, 0.3) is 0 Å². The lowest BCUT2D eigenvalue weighted by atomic mass is 10.0. The van der Waals surface area contributed by atoms with Gasteiger partial charge >= 0.3 is 6.18 Å². The van der Waals surface area contributed by atoms with Crippen molar-refractivity contribution in [1.29, 1.82) is 0 Å². The van der Waals surface area contributed by atoms with Crippen LogP contribution >= 0.6 is 0 Å². The van der Waals surface area contributed by atoms with E-state index in [2.05, 4.69) is 5.32 Å². The van der Waals surface area contributed by atoms with Crippen molar-refractivity contribution in [3.05, 3.63) is 35.4 Å². The molecule has 2 N–H and O–H groups in total. The van der Waals surface area contributed by atoms with Gasteiger partial charge in [0.2, 0.25) is 0 Å². The van der Waals surface area contributed by atoms with Crippen molar-refractivity contribution in [3.63, 3.8) is 0 Å². The Bertz CT molecular complexity index is 447. The molecule has 2 rings (SSSR count). The van der Waals surface area contributed by atoms with E-state index in [4.69, 9.17) is 4.74 Å². The number of hydrogen-bond donors (Lipinski definition) is 2. The lowest BCUT2D eigenvalue weighted by Crippen LogP contribution is -2.39. The van der Waals surface area contributed by atoms with E-state index in [1.54, 1.807) is 0 Å². The smallest absolute Gasteiger partial charge is 0.387 e. The van der Waals surface area contributed by atoms with Gasteiger partial charge in [-0.1, -0.05) is 12.1 Å². The van der Waals surface area contributed by atoms with E-state index in [-0.39, 0.29) is 12.1 Å². The zero-order chi connectivity index (χ0) is 15.5. The monoisotopic (exact) mass is 303 g/mol. The van der Waals surface area contributed by atoms with E-state index >= 15 is 0 Å². The Kier molecular flexibility index (Phi) is 5.24. The molecule has 3 unspecified atom stereocenters. The molecule has 0 spiro atoms. The molecule has 1 heterocycles. The number of alkyl halides is 3. The van der Waals surface area contributed by atoms with Crippen LogP contribution in [0.4, 0.5) is 13.2 Å². The predicted octanol–water partition coefficient (Wildman–Crippen LogP) is 2.90. The quantitative estimate of drug-likeness (QED) is 0.898. The average Bonchev–Trinajstić information content (AvgIpc) is 2.44. The summed E-state index contributed by atoms with van der Waals surface area (Å²) in [6.07, 6.45) is -3.21. The minimum absolute atomic E-state index is 0.194. The summed E-state index contributed by atoms with van der Waals surface area (Å²) in [6.45, 7) is 3.01. The summed E-state index contributed by atoms with van der Waals surface area (Å²) in [6, 6.07) is 4.91. The van der Waals surface area contributed by atoms with Crippen LogP contribution in [-0.2, 0) is 10.9 Å². The molecule has 6 heteroatoms. The first-order valence-electron chi connectivity index (χ1n) is 7.06. The molecule has 0 radical (unpaired) electrons. The first-order chi connectivity index (χ1) is 9.86. The van der Waals surface area contributed by atoms with Crippen LogP contribution in [0.3, 0.4) is 0 Å². The molecule has 0 aliphatic carbocycles. The van der Waals surface area contributed by atoms with E-state index in [1.165, 1.54) is 12.1 Å². The number of aliphatic hydroxyl groups excluding tert-OH is 1. The number of benzene rings is 1. The highest BCUT2D eigenvalue weighted by atomic mass is 19.4. The summed E-state index contributed by atoms with van der Waals surface area (Å²) < 4.78 is 42.8. The number of aliphatic hydroxyl groups is 1.